The van der Waals surface area contributed by atoms with E-state index < -0.39 is 5.97 Å². The molecular weight excluding hydrogens is 234 g/mol. The van der Waals surface area contributed by atoms with Crippen molar-refractivity contribution in [2.24, 2.45) is 0 Å². The second-order valence-electron chi connectivity index (χ2n) is 3.43. The van der Waals surface area contributed by atoms with Gasteiger partial charge in [-0.1, -0.05) is 18.2 Å². The lowest BCUT2D eigenvalue weighted by atomic mass is 10.0. The quantitative estimate of drug-likeness (QED) is 0.844. The molecule has 0 unspecified atom stereocenters. The Labute approximate surface area is 104 Å². The lowest BCUT2D eigenvalue weighted by Crippen LogP contribution is -2.00. The van der Waals surface area contributed by atoms with Gasteiger partial charge in [0.15, 0.2) is 0 Å². The number of pyridine rings is 1. The van der Waals surface area contributed by atoms with E-state index in [0.29, 0.717) is 5.56 Å². The van der Waals surface area contributed by atoms with Gasteiger partial charge in [-0.2, -0.15) is 0 Å². The molecule has 0 atom stereocenters. The molecule has 0 aliphatic rings. The first-order valence-corrected chi connectivity index (χ1v) is 6.27. The Bertz CT molecular complexity index is 555. The van der Waals surface area contributed by atoms with Gasteiger partial charge in [-0.3, -0.25) is 4.98 Å². The summed E-state index contributed by atoms with van der Waals surface area (Å²) < 4.78 is 0. The topological polar surface area (TPSA) is 50.2 Å². The van der Waals surface area contributed by atoms with E-state index >= 15 is 0 Å². The molecule has 0 bridgehead atoms. The molecule has 3 nitrogen and oxygen atoms in total. The third kappa shape index (κ3) is 2.31. The van der Waals surface area contributed by atoms with E-state index in [1.165, 1.54) is 12.3 Å². The van der Waals surface area contributed by atoms with Crippen molar-refractivity contribution in [1.29, 1.82) is 0 Å². The number of nitrogens with zero attached hydrogens (tertiary/aromatic N) is 1. The van der Waals surface area contributed by atoms with Gasteiger partial charge in [0.25, 0.3) is 0 Å². The number of carbonyl (C=O) groups is 1. The number of carboxylic acids is 1. The van der Waals surface area contributed by atoms with Crippen molar-refractivity contribution in [1.82, 2.24) is 4.98 Å². The highest BCUT2D eigenvalue weighted by molar-refractivity contribution is 7.98. The van der Waals surface area contributed by atoms with Crippen LogP contribution in [0.3, 0.4) is 0 Å². The molecule has 1 N–H and O–H groups in total. The Hall–Kier alpha value is -1.81. The molecule has 4 heteroatoms. The molecule has 0 amide bonds. The number of hydrogen-bond donors (Lipinski definition) is 1. The fraction of sp³-hybridized carbons (Fsp3) is 0.0769. The van der Waals surface area contributed by atoms with Gasteiger partial charge in [-0.15, -0.1) is 11.8 Å². The van der Waals surface area contributed by atoms with E-state index in [4.69, 9.17) is 5.11 Å². The second kappa shape index (κ2) is 5.01. The van der Waals surface area contributed by atoms with Crippen molar-refractivity contribution >= 4 is 17.7 Å². The van der Waals surface area contributed by atoms with Crippen molar-refractivity contribution in [3.63, 3.8) is 0 Å². The minimum absolute atomic E-state index is 0.279. The van der Waals surface area contributed by atoms with Crippen LogP contribution in [0.25, 0.3) is 11.1 Å². The van der Waals surface area contributed by atoms with Crippen LogP contribution >= 0.6 is 11.8 Å². The molecule has 0 saturated heterocycles. The average molecular weight is 245 g/mol. The third-order valence-electron chi connectivity index (χ3n) is 2.45. The van der Waals surface area contributed by atoms with Crippen molar-refractivity contribution in [2.75, 3.05) is 6.26 Å². The fourth-order valence-corrected chi connectivity index (χ4v) is 2.28. The largest absolute Gasteiger partial charge is 0.478 e. The molecule has 0 fully saturated rings. The molecule has 0 radical (unpaired) electrons. The van der Waals surface area contributed by atoms with Crippen LogP contribution in [-0.4, -0.2) is 22.3 Å². The van der Waals surface area contributed by atoms with Gasteiger partial charge in [0.1, 0.15) is 0 Å². The van der Waals surface area contributed by atoms with E-state index in [1.807, 2.05) is 30.5 Å². The van der Waals surface area contributed by atoms with Gasteiger partial charge >= 0.3 is 5.97 Å². The lowest BCUT2D eigenvalue weighted by molar-refractivity contribution is 0.0697. The molecule has 1 aromatic carbocycles. The Morgan fingerprint density at radius 3 is 2.71 bits per heavy atom. The first kappa shape index (κ1) is 11.7. The molecule has 2 rings (SSSR count). The zero-order valence-electron chi connectivity index (χ0n) is 9.25. The number of hydrogen-bond acceptors (Lipinski definition) is 3. The van der Waals surface area contributed by atoms with Crippen LogP contribution in [0.2, 0.25) is 0 Å². The molecule has 0 aliphatic carbocycles. The first-order valence-electron chi connectivity index (χ1n) is 5.04. The Kier molecular flexibility index (Phi) is 3.44. The molecule has 2 aromatic rings. The Morgan fingerprint density at radius 2 is 2.00 bits per heavy atom. The third-order valence-corrected chi connectivity index (χ3v) is 3.24. The predicted molar refractivity (Wildman–Crippen MR) is 68.4 cm³/mol. The van der Waals surface area contributed by atoms with Gasteiger partial charge in [0.2, 0.25) is 0 Å². The van der Waals surface area contributed by atoms with Crippen LogP contribution in [0, 0.1) is 0 Å². The summed E-state index contributed by atoms with van der Waals surface area (Å²) in [6.07, 6.45) is 5.06. The van der Waals surface area contributed by atoms with Crippen LogP contribution in [0.4, 0.5) is 0 Å². The Balaban J connectivity index is 2.64. The lowest BCUT2D eigenvalue weighted by Gasteiger charge is -2.09. The van der Waals surface area contributed by atoms with Crippen molar-refractivity contribution in [3.8, 4) is 11.1 Å². The highest BCUT2D eigenvalue weighted by Crippen LogP contribution is 2.31. The summed E-state index contributed by atoms with van der Waals surface area (Å²) in [6.45, 7) is 0. The smallest absolute Gasteiger partial charge is 0.336 e. The summed E-state index contributed by atoms with van der Waals surface area (Å²) in [4.78, 5) is 16.2. The van der Waals surface area contributed by atoms with Crippen LogP contribution in [0.1, 0.15) is 10.4 Å². The first-order chi connectivity index (χ1) is 8.24. The van der Waals surface area contributed by atoms with Gasteiger partial charge in [-0.05, 0) is 24.0 Å². The van der Waals surface area contributed by atoms with E-state index in [9.17, 15) is 4.79 Å². The number of benzene rings is 1. The van der Waals surface area contributed by atoms with Crippen LogP contribution in [0.15, 0.2) is 47.6 Å². The van der Waals surface area contributed by atoms with Crippen LogP contribution in [-0.2, 0) is 0 Å². The fourth-order valence-electron chi connectivity index (χ4n) is 1.66. The molecule has 0 aliphatic heterocycles. The summed E-state index contributed by atoms with van der Waals surface area (Å²) in [5.74, 6) is -0.932. The number of thioether (sulfide) groups is 1. The van der Waals surface area contributed by atoms with E-state index in [0.717, 1.165) is 10.5 Å². The van der Waals surface area contributed by atoms with Gasteiger partial charge in [0, 0.05) is 22.9 Å². The zero-order chi connectivity index (χ0) is 12.3. The average Bonchev–Trinajstić information content (AvgIpc) is 2.38. The zero-order valence-corrected chi connectivity index (χ0v) is 10.1. The molecule has 1 heterocycles. The molecule has 0 spiro atoms. The van der Waals surface area contributed by atoms with E-state index in [2.05, 4.69) is 4.98 Å². The van der Waals surface area contributed by atoms with E-state index in [1.54, 1.807) is 18.0 Å². The number of aromatic carboxylic acids is 1. The van der Waals surface area contributed by atoms with Gasteiger partial charge in [0.05, 0.1) is 5.56 Å². The second-order valence-corrected chi connectivity index (χ2v) is 4.27. The maximum atomic E-state index is 11.2. The SMILES string of the molecule is CSc1ccccc1-c1cnccc1C(=O)O. The molecular formula is C13H11NO2S. The number of rotatable bonds is 3. The number of carboxylic acid groups (broad SMARTS) is 1. The minimum Gasteiger partial charge on any atom is -0.478 e. The maximum Gasteiger partial charge on any atom is 0.336 e. The van der Waals surface area contributed by atoms with Gasteiger partial charge in [-0.25, -0.2) is 4.79 Å². The van der Waals surface area contributed by atoms with Crippen molar-refractivity contribution in [3.05, 3.63) is 48.3 Å². The monoisotopic (exact) mass is 245 g/mol. The predicted octanol–water partition coefficient (Wildman–Crippen LogP) is 3.17. The highest BCUT2D eigenvalue weighted by Gasteiger charge is 2.13. The molecule has 86 valence electrons. The number of aromatic nitrogens is 1. The maximum absolute atomic E-state index is 11.2. The minimum atomic E-state index is -0.932. The standard InChI is InChI=1S/C13H11NO2S/c1-17-12-5-3-2-4-9(12)11-8-14-7-6-10(11)13(15)16/h2-8H,1H3,(H,15,16). The summed E-state index contributed by atoms with van der Waals surface area (Å²) in [7, 11) is 0. The van der Waals surface area contributed by atoms with Crippen molar-refractivity contribution < 1.29 is 9.90 Å². The molecule has 17 heavy (non-hydrogen) atoms. The van der Waals surface area contributed by atoms with Gasteiger partial charge < -0.3 is 5.11 Å². The Morgan fingerprint density at radius 1 is 1.24 bits per heavy atom. The van der Waals surface area contributed by atoms with Crippen LogP contribution in [0.5, 0.6) is 0 Å². The normalized spacial score (nSPS) is 10.2. The van der Waals surface area contributed by atoms with Crippen molar-refractivity contribution in [2.45, 2.75) is 4.90 Å². The highest BCUT2D eigenvalue weighted by atomic mass is 32.2. The molecule has 1 aromatic heterocycles. The summed E-state index contributed by atoms with van der Waals surface area (Å²) in [6, 6.07) is 9.24. The summed E-state index contributed by atoms with van der Waals surface area (Å²) in [5, 5.41) is 9.16. The molecule has 0 saturated carbocycles. The summed E-state index contributed by atoms with van der Waals surface area (Å²) >= 11 is 1.59. The van der Waals surface area contributed by atoms with Crippen LogP contribution < -0.4 is 0 Å². The van der Waals surface area contributed by atoms with E-state index in [-0.39, 0.29) is 5.56 Å². The summed E-state index contributed by atoms with van der Waals surface area (Å²) in [5.41, 5.74) is 1.84.